The standard InChI is InChI=1S/C13H11F3N2O4/c1-2-3-21-8-4-7(5-17-6-8)11-18-10(13(14,15)16)9(22-11)12(19)20/h4-6H,2-3H2,1H3,(H,19,20). The molecule has 0 aliphatic heterocycles. The molecule has 118 valence electrons. The molecule has 0 unspecified atom stereocenters. The summed E-state index contributed by atoms with van der Waals surface area (Å²) in [6, 6.07) is 1.38. The van der Waals surface area contributed by atoms with Crippen molar-refractivity contribution in [2.45, 2.75) is 19.5 Å². The number of oxazole rings is 1. The van der Waals surface area contributed by atoms with E-state index in [-0.39, 0.29) is 5.56 Å². The van der Waals surface area contributed by atoms with E-state index in [1.54, 1.807) is 0 Å². The van der Waals surface area contributed by atoms with Crippen LogP contribution in [0.2, 0.25) is 0 Å². The van der Waals surface area contributed by atoms with Gasteiger partial charge in [-0.05, 0) is 12.5 Å². The minimum atomic E-state index is -4.93. The number of aromatic nitrogens is 2. The Hall–Kier alpha value is -2.58. The molecule has 0 spiro atoms. The zero-order valence-corrected chi connectivity index (χ0v) is 11.3. The molecule has 0 radical (unpaired) electrons. The lowest BCUT2D eigenvalue weighted by Crippen LogP contribution is -2.11. The number of nitrogens with zero attached hydrogens (tertiary/aromatic N) is 2. The molecule has 2 rings (SSSR count). The highest BCUT2D eigenvalue weighted by Crippen LogP contribution is 2.34. The summed E-state index contributed by atoms with van der Waals surface area (Å²) in [5.74, 6) is -3.28. The summed E-state index contributed by atoms with van der Waals surface area (Å²) >= 11 is 0. The van der Waals surface area contributed by atoms with Gasteiger partial charge in [0.05, 0.1) is 18.4 Å². The first-order valence-electron chi connectivity index (χ1n) is 6.22. The lowest BCUT2D eigenvalue weighted by Gasteiger charge is -2.04. The Morgan fingerprint density at radius 1 is 1.41 bits per heavy atom. The molecule has 0 aliphatic rings. The predicted molar refractivity (Wildman–Crippen MR) is 67.5 cm³/mol. The smallest absolute Gasteiger partial charge is 0.437 e. The predicted octanol–water partition coefficient (Wildman–Crippen LogP) is 3.24. The highest BCUT2D eigenvalue weighted by molar-refractivity contribution is 5.86. The number of hydrogen-bond acceptors (Lipinski definition) is 5. The Bertz CT molecular complexity index is 682. The van der Waals surface area contributed by atoms with E-state index < -0.39 is 29.5 Å². The number of ether oxygens (including phenoxy) is 1. The average Bonchev–Trinajstić information content (AvgIpc) is 2.91. The van der Waals surface area contributed by atoms with Crippen molar-refractivity contribution in [1.82, 2.24) is 9.97 Å². The van der Waals surface area contributed by atoms with Crippen molar-refractivity contribution in [3.05, 3.63) is 29.9 Å². The first-order valence-corrected chi connectivity index (χ1v) is 6.22. The lowest BCUT2D eigenvalue weighted by atomic mass is 10.3. The quantitative estimate of drug-likeness (QED) is 0.911. The number of pyridine rings is 1. The van der Waals surface area contributed by atoms with E-state index in [1.165, 1.54) is 18.5 Å². The van der Waals surface area contributed by atoms with Gasteiger partial charge >= 0.3 is 12.1 Å². The Labute approximate surface area is 122 Å². The van der Waals surface area contributed by atoms with Crippen LogP contribution in [0.3, 0.4) is 0 Å². The molecular weight excluding hydrogens is 305 g/mol. The molecule has 1 N–H and O–H groups in total. The van der Waals surface area contributed by atoms with Gasteiger partial charge in [-0.1, -0.05) is 6.92 Å². The van der Waals surface area contributed by atoms with Gasteiger partial charge in [0.15, 0.2) is 5.69 Å². The molecule has 2 heterocycles. The molecule has 2 aromatic heterocycles. The summed E-state index contributed by atoms with van der Waals surface area (Å²) in [6.07, 6.45) is -1.61. The highest BCUT2D eigenvalue weighted by Gasteiger charge is 2.41. The first-order chi connectivity index (χ1) is 10.3. The molecular formula is C13H11F3N2O4. The van der Waals surface area contributed by atoms with E-state index >= 15 is 0 Å². The number of carbonyl (C=O) groups is 1. The largest absolute Gasteiger partial charge is 0.492 e. The third-order valence-electron chi connectivity index (χ3n) is 2.52. The van der Waals surface area contributed by atoms with E-state index in [1.807, 2.05) is 6.92 Å². The van der Waals surface area contributed by atoms with Gasteiger partial charge in [-0.15, -0.1) is 0 Å². The maximum Gasteiger partial charge on any atom is 0.437 e. The number of halogens is 3. The minimum absolute atomic E-state index is 0.0894. The van der Waals surface area contributed by atoms with Crippen LogP contribution in [0.1, 0.15) is 29.6 Å². The van der Waals surface area contributed by atoms with Gasteiger partial charge in [0.2, 0.25) is 11.7 Å². The molecule has 22 heavy (non-hydrogen) atoms. The minimum Gasteiger partial charge on any atom is -0.492 e. The second-order valence-corrected chi connectivity index (χ2v) is 4.26. The van der Waals surface area contributed by atoms with Gasteiger partial charge in [0, 0.05) is 6.20 Å². The Morgan fingerprint density at radius 2 is 2.14 bits per heavy atom. The number of carboxylic acids is 1. The number of carboxylic acid groups (broad SMARTS) is 1. The SMILES string of the molecule is CCCOc1cncc(-c2nc(C(F)(F)F)c(C(=O)O)o2)c1. The molecule has 2 aromatic rings. The normalized spacial score (nSPS) is 11.5. The summed E-state index contributed by atoms with van der Waals surface area (Å²) in [4.78, 5) is 17.9. The summed E-state index contributed by atoms with van der Waals surface area (Å²) in [5, 5.41) is 8.79. The van der Waals surface area contributed by atoms with Crippen molar-refractivity contribution in [2.75, 3.05) is 6.61 Å². The van der Waals surface area contributed by atoms with Gasteiger partial charge in [0.1, 0.15) is 5.75 Å². The Balaban J connectivity index is 2.43. The van der Waals surface area contributed by atoms with Gasteiger partial charge in [-0.3, -0.25) is 4.98 Å². The van der Waals surface area contributed by atoms with Gasteiger partial charge in [-0.2, -0.15) is 13.2 Å². The number of aromatic carboxylic acids is 1. The van der Waals surface area contributed by atoms with E-state index in [4.69, 9.17) is 14.3 Å². The Kier molecular flexibility index (Phi) is 4.34. The van der Waals surface area contributed by atoms with Crippen LogP contribution in [0.5, 0.6) is 5.75 Å². The van der Waals surface area contributed by atoms with E-state index in [9.17, 15) is 18.0 Å². The molecule has 0 amide bonds. The van der Waals surface area contributed by atoms with Crippen LogP contribution in [0.4, 0.5) is 13.2 Å². The molecule has 0 saturated carbocycles. The molecule has 0 aliphatic carbocycles. The maximum absolute atomic E-state index is 12.8. The molecule has 0 aromatic carbocycles. The van der Waals surface area contributed by atoms with Gasteiger partial charge < -0.3 is 14.3 Å². The second-order valence-electron chi connectivity index (χ2n) is 4.26. The van der Waals surface area contributed by atoms with Crippen LogP contribution >= 0.6 is 0 Å². The van der Waals surface area contributed by atoms with Crippen molar-refractivity contribution in [2.24, 2.45) is 0 Å². The lowest BCUT2D eigenvalue weighted by molar-refractivity contribution is -0.141. The number of alkyl halides is 3. The monoisotopic (exact) mass is 316 g/mol. The number of hydrogen-bond donors (Lipinski definition) is 1. The molecule has 0 saturated heterocycles. The fraction of sp³-hybridized carbons (Fsp3) is 0.308. The molecule has 0 fully saturated rings. The van der Waals surface area contributed by atoms with E-state index in [0.29, 0.717) is 12.4 Å². The zero-order chi connectivity index (χ0) is 16.3. The molecule has 6 nitrogen and oxygen atoms in total. The van der Waals surface area contributed by atoms with Crippen LogP contribution in [0, 0.1) is 0 Å². The van der Waals surface area contributed by atoms with Crippen LogP contribution in [0.15, 0.2) is 22.9 Å². The van der Waals surface area contributed by atoms with Gasteiger partial charge in [-0.25, -0.2) is 9.78 Å². The van der Waals surface area contributed by atoms with E-state index in [0.717, 1.165) is 6.42 Å². The van der Waals surface area contributed by atoms with E-state index in [2.05, 4.69) is 9.97 Å². The van der Waals surface area contributed by atoms with Crippen LogP contribution in [0.25, 0.3) is 11.5 Å². The third-order valence-corrected chi connectivity index (χ3v) is 2.52. The third kappa shape index (κ3) is 3.35. The fourth-order valence-electron chi connectivity index (χ4n) is 1.62. The zero-order valence-electron chi connectivity index (χ0n) is 11.3. The molecule has 0 atom stereocenters. The summed E-state index contributed by atoms with van der Waals surface area (Å²) in [5.41, 5.74) is -1.50. The molecule has 9 heteroatoms. The van der Waals surface area contributed by atoms with Crippen LogP contribution in [-0.4, -0.2) is 27.7 Å². The maximum atomic E-state index is 12.8. The Morgan fingerprint density at radius 3 is 2.68 bits per heavy atom. The van der Waals surface area contributed by atoms with Crippen molar-refractivity contribution < 1.29 is 32.2 Å². The van der Waals surface area contributed by atoms with Gasteiger partial charge in [0.25, 0.3) is 0 Å². The van der Waals surface area contributed by atoms with Crippen molar-refractivity contribution >= 4 is 5.97 Å². The second kappa shape index (κ2) is 6.04. The fourth-order valence-corrected chi connectivity index (χ4v) is 1.62. The van der Waals surface area contributed by atoms with Crippen LogP contribution in [-0.2, 0) is 6.18 Å². The average molecular weight is 316 g/mol. The number of rotatable bonds is 5. The first kappa shape index (κ1) is 15.8. The van der Waals surface area contributed by atoms with Crippen molar-refractivity contribution in [3.63, 3.8) is 0 Å². The summed E-state index contributed by atoms with van der Waals surface area (Å²) in [6.45, 7) is 2.30. The molecule has 0 bridgehead atoms. The summed E-state index contributed by atoms with van der Waals surface area (Å²) in [7, 11) is 0. The highest BCUT2D eigenvalue weighted by atomic mass is 19.4. The topological polar surface area (TPSA) is 85.5 Å². The van der Waals surface area contributed by atoms with Crippen LogP contribution < -0.4 is 4.74 Å². The van der Waals surface area contributed by atoms with Crippen molar-refractivity contribution in [1.29, 1.82) is 0 Å². The van der Waals surface area contributed by atoms with Crippen molar-refractivity contribution in [3.8, 4) is 17.2 Å². The summed E-state index contributed by atoms with van der Waals surface area (Å²) < 4.78 is 48.3.